The smallest absolute Gasteiger partial charge is 0.264 e. The lowest BCUT2D eigenvalue weighted by Crippen LogP contribution is -2.35. The number of amides is 1. The van der Waals surface area contributed by atoms with Gasteiger partial charge in [0.25, 0.3) is 15.9 Å². The highest BCUT2D eigenvalue weighted by Crippen LogP contribution is 2.34. The van der Waals surface area contributed by atoms with E-state index < -0.39 is 21.7 Å². The molecule has 5 N–H and O–H groups in total. The molecule has 0 aromatic heterocycles. The van der Waals surface area contributed by atoms with Gasteiger partial charge in [-0.3, -0.25) is 9.10 Å². The van der Waals surface area contributed by atoms with Crippen LogP contribution in [0.15, 0.2) is 65.6 Å². The minimum absolute atomic E-state index is 0.00791. The third-order valence-electron chi connectivity index (χ3n) is 5.17. The Morgan fingerprint density at radius 1 is 0.968 bits per heavy atom. The van der Waals surface area contributed by atoms with Crippen molar-refractivity contribution in [1.82, 2.24) is 0 Å². The van der Waals surface area contributed by atoms with Crippen LogP contribution in [0.5, 0.6) is 0 Å². The van der Waals surface area contributed by atoms with E-state index in [0.29, 0.717) is 47.7 Å². The number of nitrogens with one attached hydrogen (secondary N) is 1. The van der Waals surface area contributed by atoms with Crippen molar-refractivity contribution in [2.75, 3.05) is 27.6 Å². The van der Waals surface area contributed by atoms with Gasteiger partial charge in [0, 0.05) is 17.8 Å². The van der Waals surface area contributed by atoms with Crippen LogP contribution < -0.4 is 21.1 Å². The number of nitrogens with two attached hydrogens (primary N) is 2. The van der Waals surface area contributed by atoms with Crippen molar-refractivity contribution in [1.29, 1.82) is 0 Å². The van der Waals surface area contributed by atoms with Gasteiger partial charge >= 0.3 is 0 Å². The van der Waals surface area contributed by atoms with Gasteiger partial charge in [-0.2, -0.15) is 0 Å². The van der Waals surface area contributed by atoms with Crippen molar-refractivity contribution in [3.8, 4) is 0 Å². The number of fused-ring (bicyclic) bond motifs is 1. The van der Waals surface area contributed by atoms with E-state index in [0.717, 1.165) is 17.7 Å². The summed E-state index contributed by atoms with van der Waals surface area (Å²) in [7, 11) is -3.88. The minimum Gasteiger partial charge on any atom is -0.397 e. The SMILES string of the molecule is Nc1ccc(C(=O)Nc2ccc3c(c2)N(S(=O)(=O)c2ccc(F)cc2)CCC3)cc1N. The monoisotopic (exact) mass is 440 g/mol. The average Bonchev–Trinajstić information content (AvgIpc) is 2.75. The molecular formula is C22H21FN4O3S. The lowest BCUT2D eigenvalue weighted by atomic mass is 10.0. The molecule has 160 valence electrons. The Hall–Kier alpha value is -3.59. The molecule has 0 unspecified atom stereocenters. The summed E-state index contributed by atoms with van der Waals surface area (Å²) < 4.78 is 40.9. The highest BCUT2D eigenvalue weighted by molar-refractivity contribution is 7.92. The Morgan fingerprint density at radius 3 is 2.42 bits per heavy atom. The minimum atomic E-state index is -3.88. The van der Waals surface area contributed by atoms with E-state index in [9.17, 15) is 17.6 Å². The predicted molar refractivity (Wildman–Crippen MR) is 119 cm³/mol. The third kappa shape index (κ3) is 4.04. The number of anilines is 4. The summed E-state index contributed by atoms with van der Waals surface area (Å²) in [6, 6.07) is 14.5. The van der Waals surface area contributed by atoms with Crippen LogP contribution in [-0.4, -0.2) is 20.9 Å². The van der Waals surface area contributed by atoms with Crippen LogP contribution in [0.4, 0.5) is 27.1 Å². The molecule has 9 heteroatoms. The molecule has 0 spiro atoms. The third-order valence-corrected chi connectivity index (χ3v) is 7.00. The second-order valence-electron chi connectivity index (χ2n) is 7.28. The molecule has 0 fully saturated rings. The standard InChI is InChI=1S/C22H21FN4O3S/c23-16-5-8-18(9-6-16)31(29,30)27-11-1-2-14-3-7-17(13-21(14)27)26-22(28)15-4-10-19(24)20(25)12-15/h3-10,12-13H,1-2,11,24-25H2,(H,26,28). The van der Waals surface area contributed by atoms with Gasteiger partial charge in [-0.05, 0) is 73.0 Å². The van der Waals surface area contributed by atoms with E-state index in [1.54, 1.807) is 30.3 Å². The summed E-state index contributed by atoms with van der Waals surface area (Å²) in [5.41, 5.74) is 14.3. The van der Waals surface area contributed by atoms with Gasteiger partial charge in [0.1, 0.15) is 5.82 Å². The molecule has 0 aliphatic carbocycles. The van der Waals surface area contributed by atoms with Crippen molar-refractivity contribution < 1.29 is 17.6 Å². The Morgan fingerprint density at radius 2 is 1.71 bits per heavy atom. The normalized spacial score (nSPS) is 13.5. The zero-order valence-corrected chi connectivity index (χ0v) is 17.3. The van der Waals surface area contributed by atoms with E-state index in [4.69, 9.17) is 11.5 Å². The molecule has 0 bridgehead atoms. The van der Waals surface area contributed by atoms with E-state index in [2.05, 4.69) is 5.32 Å². The highest BCUT2D eigenvalue weighted by atomic mass is 32.2. The molecule has 3 aromatic rings. The summed E-state index contributed by atoms with van der Waals surface area (Å²) in [5.74, 6) is -0.901. The molecule has 0 saturated carbocycles. The zero-order chi connectivity index (χ0) is 22.2. The number of nitrogen functional groups attached to an aromatic ring is 2. The van der Waals surface area contributed by atoms with Crippen molar-refractivity contribution in [3.05, 3.63) is 77.6 Å². The number of halogens is 1. The van der Waals surface area contributed by atoms with Gasteiger partial charge in [0.05, 0.1) is 22.0 Å². The topological polar surface area (TPSA) is 119 Å². The van der Waals surface area contributed by atoms with Gasteiger partial charge in [-0.25, -0.2) is 12.8 Å². The van der Waals surface area contributed by atoms with E-state index >= 15 is 0 Å². The quantitative estimate of drug-likeness (QED) is 0.538. The first-order chi connectivity index (χ1) is 14.8. The van der Waals surface area contributed by atoms with Crippen molar-refractivity contribution >= 4 is 38.7 Å². The van der Waals surface area contributed by atoms with E-state index in [1.807, 2.05) is 0 Å². The van der Waals surface area contributed by atoms with Crippen molar-refractivity contribution in [2.45, 2.75) is 17.7 Å². The van der Waals surface area contributed by atoms with Gasteiger partial charge in [0.15, 0.2) is 0 Å². The fraction of sp³-hybridized carbons (Fsp3) is 0.136. The van der Waals surface area contributed by atoms with Gasteiger partial charge < -0.3 is 16.8 Å². The maximum absolute atomic E-state index is 13.3. The molecule has 3 aromatic carbocycles. The fourth-order valence-electron chi connectivity index (χ4n) is 3.52. The Labute approximate surface area is 179 Å². The lowest BCUT2D eigenvalue weighted by Gasteiger charge is -2.31. The molecule has 0 radical (unpaired) electrons. The largest absolute Gasteiger partial charge is 0.397 e. The second kappa shape index (κ2) is 7.92. The van der Waals surface area contributed by atoms with Gasteiger partial charge in [0.2, 0.25) is 0 Å². The number of hydrogen-bond acceptors (Lipinski definition) is 5. The maximum atomic E-state index is 13.3. The molecule has 1 aliphatic rings. The predicted octanol–water partition coefficient (Wildman–Crippen LogP) is 3.38. The number of sulfonamides is 1. The molecule has 1 aliphatic heterocycles. The Balaban J connectivity index is 1.65. The van der Waals surface area contributed by atoms with E-state index in [1.165, 1.54) is 22.5 Å². The van der Waals surface area contributed by atoms with Crippen LogP contribution in [0.3, 0.4) is 0 Å². The molecule has 0 atom stereocenters. The number of carbonyl (C=O) groups is 1. The maximum Gasteiger partial charge on any atom is 0.264 e. The van der Waals surface area contributed by atoms with Gasteiger partial charge in [-0.15, -0.1) is 0 Å². The summed E-state index contributed by atoms with van der Waals surface area (Å²) in [5, 5.41) is 2.77. The Kier molecular flexibility index (Phi) is 5.28. The first-order valence-corrected chi connectivity index (χ1v) is 11.1. The number of rotatable bonds is 4. The molecule has 0 saturated heterocycles. The first kappa shape index (κ1) is 20.7. The number of hydrogen-bond donors (Lipinski definition) is 3. The van der Waals surface area contributed by atoms with Crippen molar-refractivity contribution in [3.63, 3.8) is 0 Å². The number of carbonyl (C=O) groups excluding carboxylic acids is 1. The molecule has 4 rings (SSSR count). The summed E-state index contributed by atoms with van der Waals surface area (Å²) >= 11 is 0. The molecule has 7 nitrogen and oxygen atoms in total. The second-order valence-corrected chi connectivity index (χ2v) is 9.14. The van der Waals surface area contributed by atoms with Gasteiger partial charge in [-0.1, -0.05) is 6.07 Å². The zero-order valence-electron chi connectivity index (χ0n) is 16.5. The number of benzene rings is 3. The fourth-order valence-corrected chi connectivity index (χ4v) is 5.05. The lowest BCUT2D eigenvalue weighted by molar-refractivity contribution is 0.102. The summed E-state index contributed by atoms with van der Waals surface area (Å²) in [6.07, 6.45) is 1.37. The molecule has 1 heterocycles. The molecule has 31 heavy (non-hydrogen) atoms. The average molecular weight is 441 g/mol. The van der Waals surface area contributed by atoms with Crippen LogP contribution in [0.1, 0.15) is 22.3 Å². The van der Waals surface area contributed by atoms with Crippen molar-refractivity contribution in [2.24, 2.45) is 0 Å². The van der Waals surface area contributed by atoms with Crippen LogP contribution in [0.2, 0.25) is 0 Å². The first-order valence-electron chi connectivity index (χ1n) is 9.63. The highest BCUT2D eigenvalue weighted by Gasteiger charge is 2.29. The van der Waals surface area contributed by atoms with Crippen LogP contribution in [-0.2, 0) is 16.4 Å². The summed E-state index contributed by atoms with van der Waals surface area (Å²) in [4.78, 5) is 12.6. The van der Waals surface area contributed by atoms with Crippen LogP contribution >= 0.6 is 0 Å². The van der Waals surface area contributed by atoms with Crippen LogP contribution in [0, 0.1) is 5.82 Å². The molecular weight excluding hydrogens is 419 g/mol. The van der Waals surface area contributed by atoms with E-state index in [-0.39, 0.29) is 4.90 Å². The Bertz CT molecular complexity index is 1260. The number of aryl methyl sites for hydroxylation is 1. The van der Waals surface area contributed by atoms with Crippen LogP contribution in [0.25, 0.3) is 0 Å². The number of nitrogens with zero attached hydrogens (tertiary/aromatic N) is 1. The molecule has 1 amide bonds. The summed E-state index contributed by atoms with van der Waals surface area (Å²) in [6.45, 7) is 0.290.